The Labute approximate surface area is 285 Å². The summed E-state index contributed by atoms with van der Waals surface area (Å²) in [6, 6.07) is 10.0. The van der Waals surface area contributed by atoms with Crippen LogP contribution in [0.25, 0.3) is 28.5 Å². The lowest BCUT2D eigenvalue weighted by Crippen LogP contribution is -2.43. The molecule has 2 aromatic carbocycles. The number of aliphatic carboxylic acids is 2. The van der Waals surface area contributed by atoms with Gasteiger partial charge < -0.3 is 36.8 Å². The molecule has 262 valence electrons. The van der Waals surface area contributed by atoms with Crippen molar-refractivity contribution in [2.45, 2.75) is 89.4 Å². The number of aromatic nitrogens is 1. The van der Waals surface area contributed by atoms with Gasteiger partial charge in [0.05, 0.1) is 30.0 Å². The van der Waals surface area contributed by atoms with E-state index in [-0.39, 0.29) is 24.6 Å². The summed E-state index contributed by atoms with van der Waals surface area (Å²) in [7, 11) is 0. The van der Waals surface area contributed by atoms with Gasteiger partial charge in [-0.1, -0.05) is 44.2 Å². The van der Waals surface area contributed by atoms with Gasteiger partial charge in [0.25, 0.3) is 0 Å². The van der Waals surface area contributed by atoms with Crippen LogP contribution in [0.15, 0.2) is 48.5 Å². The first-order chi connectivity index (χ1) is 23.4. The van der Waals surface area contributed by atoms with E-state index in [1.165, 1.54) is 18.2 Å². The van der Waals surface area contributed by atoms with Gasteiger partial charge in [-0.2, -0.15) is 0 Å². The van der Waals surface area contributed by atoms with Crippen molar-refractivity contribution in [1.82, 2.24) is 10.3 Å². The Balaban J connectivity index is 1.74. The SMILES string of the molecule is CC(C)c1nc2c(c(-c3ccc(F)cc3)c1/C=C/[C@@H](O)C[C@@H](O)CC(=O)O)CCCc1cc(NC(=O)N[C@@H](CCCCN)C(=O)O)ccc1-2. The number of fused-ring (bicyclic) bond motifs is 3. The maximum atomic E-state index is 14.1. The summed E-state index contributed by atoms with van der Waals surface area (Å²) in [5, 5.41) is 44.6. The largest absolute Gasteiger partial charge is 0.481 e. The molecule has 1 aliphatic rings. The van der Waals surface area contributed by atoms with E-state index in [9.17, 15) is 34.1 Å². The summed E-state index contributed by atoms with van der Waals surface area (Å²) in [5.41, 5.74) is 12.6. The smallest absolute Gasteiger partial charge is 0.326 e. The van der Waals surface area contributed by atoms with Gasteiger partial charge in [0, 0.05) is 23.2 Å². The monoisotopic (exact) mass is 676 g/mol. The van der Waals surface area contributed by atoms with Crippen LogP contribution < -0.4 is 16.4 Å². The maximum absolute atomic E-state index is 14.1. The van der Waals surface area contributed by atoms with E-state index in [0.29, 0.717) is 37.9 Å². The molecule has 0 radical (unpaired) electrons. The second-order valence-electron chi connectivity index (χ2n) is 12.7. The summed E-state index contributed by atoms with van der Waals surface area (Å²) in [6.07, 6.45) is 3.84. The number of carbonyl (C=O) groups excluding carboxylic acids is 1. The third-order valence-corrected chi connectivity index (χ3v) is 8.50. The minimum atomic E-state index is -1.22. The number of nitrogens with zero attached hydrogens (tertiary/aromatic N) is 1. The van der Waals surface area contributed by atoms with Crippen molar-refractivity contribution >= 4 is 29.7 Å². The van der Waals surface area contributed by atoms with E-state index in [4.69, 9.17) is 15.8 Å². The number of benzene rings is 2. The maximum Gasteiger partial charge on any atom is 0.326 e. The lowest BCUT2D eigenvalue weighted by Gasteiger charge is -2.22. The number of aryl methyl sites for hydroxylation is 1. The first-order valence-corrected chi connectivity index (χ1v) is 16.6. The first kappa shape index (κ1) is 37.2. The van der Waals surface area contributed by atoms with Crippen LogP contribution in [0, 0.1) is 5.82 Å². The number of urea groups is 1. The number of aliphatic hydroxyl groups excluding tert-OH is 2. The number of carboxylic acid groups (broad SMARTS) is 2. The zero-order valence-electron chi connectivity index (χ0n) is 27.8. The Morgan fingerprint density at radius 3 is 2.43 bits per heavy atom. The van der Waals surface area contributed by atoms with E-state index in [1.807, 2.05) is 26.0 Å². The van der Waals surface area contributed by atoms with Crippen LogP contribution in [0.5, 0.6) is 0 Å². The number of amides is 2. The van der Waals surface area contributed by atoms with Crippen molar-refractivity contribution in [2.24, 2.45) is 5.73 Å². The molecule has 3 atom stereocenters. The summed E-state index contributed by atoms with van der Waals surface area (Å²) < 4.78 is 14.1. The van der Waals surface area contributed by atoms with E-state index < -0.39 is 42.6 Å². The predicted octanol–water partition coefficient (Wildman–Crippen LogP) is 5.47. The van der Waals surface area contributed by atoms with Crippen molar-refractivity contribution < 1.29 is 39.2 Å². The van der Waals surface area contributed by atoms with Crippen LogP contribution in [0.1, 0.15) is 80.7 Å². The lowest BCUT2D eigenvalue weighted by atomic mass is 9.86. The van der Waals surface area contributed by atoms with Crippen LogP contribution in [0.3, 0.4) is 0 Å². The standard InChI is InChI=1S/C37H45FN4O7/c1-21(2)34-30(16-14-26(43)19-27(44)20-32(45)46)33(22-9-11-24(38)12-10-22)29-7-5-6-23-18-25(13-15-28(23)35(29)42-34)40-37(49)41-31(36(47)48)8-3-4-17-39/h9-16,18,21,26-27,31,43-44H,3-8,17,19-20,39H2,1-2H3,(H,45,46)(H,47,48)(H2,40,41,49)/b16-14+/t26-,27-,31+/m1/s1. The molecule has 8 N–H and O–H groups in total. The van der Waals surface area contributed by atoms with E-state index >= 15 is 0 Å². The average Bonchev–Trinajstić information content (AvgIpc) is 3.21. The molecule has 11 nitrogen and oxygen atoms in total. The van der Waals surface area contributed by atoms with Crippen molar-refractivity contribution in [2.75, 3.05) is 11.9 Å². The molecule has 0 saturated carbocycles. The van der Waals surface area contributed by atoms with E-state index in [2.05, 4.69) is 10.6 Å². The molecule has 0 aliphatic heterocycles. The van der Waals surface area contributed by atoms with Crippen LogP contribution >= 0.6 is 0 Å². The summed E-state index contributed by atoms with van der Waals surface area (Å²) in [5.74, 6) is -2.73. The first-order valence-electron chi connectivity index (χ1n) is 16.6. The summed E-state index contributed by atoms with van der Waals surface area (Å²) in [4.78, 5) is 40.6. The Morgan fingerprint density at radius 2 is 1.78 bits per heavy atom. The molecule has 0 saturated heterocycles. The number of halogens is 1. The van der Waals surface area contributed by atoms with Crippen LogP contribution in [-0.4, -0.2) is 68.2 Å². The van der Waals surface area contributed by atoms with Gasteiger partial charge in [0.2, 0.25) is 0 Å². The summed E-state index contributed by atoms with van der Waals surface area (Å²) in [6.45, 7) is 4.44. The number of hydrogen-bond acceptors (Lipinski definition) is 7. The van der Waals surface area contributed by atoms with Crippen molar-refractivity contribution in [3.63, 3.8) is 0 Å². The van der Waals surface area contributed by atoms with Crippen molar-refractivity contribution in [3.8, 4) is 22.4 Å². The number of pyridine rings is 1. The molecule has 1 aromatic heterocycles. The Hall–Kier alpha value is -4.65. The molecule has 1 aliphatic carbocycles. The molecule has 0 bridgehead atoms. The van der Waals surface area contributed by atoms with Gasteiger partial charge in [-0.05, 0) is 97.5 Å². The zero-order valence-corrected chi connectivity index (χ0v) is 27.8. The third-order valence-electron chi connectivity index (χ3n) is 8.50. The highest BCUT2D eigenvalue weighted by Crippen LogP contribution is 2.42. The molecule has 0 spiro atoms. The molecule has 3 aromatic rings. The number of nitrogens with two attached hydrogens (primary N) is 1. The fourth-order valence-electron chi connectivity index (χ4n) is 6.17. The number of hydrogen-bond donors (Lipinski definition) is 7. The second kappa shape index (κ2) is 17.1. The predicted molar refractivity (Wildman–Crippen MR) is 186 cm³/mol. The number of rotatable bonds is 15. The van der Waals surface area contributed by atoms with E-state index in [1.54, 1.807) is 24.3 Å². The fourth-order valence-corrected chi connectivity index (χ4v) is 6.17. The molecule has 2 amide bonds. The van der Waals surface area contributed by atoms with Crippen LogP contribution in [-0.2, 0) is 22.4 Å². The van der Waals surface area contributed by atoms with Crippen LogP contribution in [0.2, 0.25) is 0 Å². The van der Waals surface area contributed by atoms with Crippen LogP contribution in [0.4, 0.5) is 14.9 Å². The number of carboxylic acids is 2. The number of unbranched alkanes of at least 4 members (excludes halogenated alkanes) is 1. The molecule has 0 unspecified atom stereocenters. The topological polar surface area (TPSA) is 195 Å². The molecule has 1 heterocycles. The highest BCUT2D eigenvalue weighted by molar-refractivity contribution is 5.93. The zero-order chi connectivity index (χ0) is 35.7. The van der Waals surface area contributed by atoms with Gasteiger partial charge in [-0.3, -0.25) is 9.78 Å². The van der Waals surface area contributed by atoms with Gasteiger partial charge in [-0.25, -0.2) is 14.0 Å². The molecular weight excluding hydrogens is 631 g/mol. The lowest BCUT2D eigenvalue weighted by molar-refractivity contribution is -0.140. The van der Waals surface area contributed by atoms with Crippen molar-refractivity contribution in [1.29, 1.82) is 0 Å². The molecule has 12 heteroatoms. The molecular formula is C37H45FN4O7. The van der Waals surface area contributed by atoms with Gasteiger partial charge in [0.15, 0.2) is 0 Å². The Bertz CT molecular complexity index is 1680. The molecule has 4 rings (SSSR count). The number of aliphatic hydroxyl groups is 2. The Morgan fingerprint density at radius 1 is 1.04 bits per heavy atom. The second-order valence-corrected chi connectivity index (χ2v) is 12.7. The minimum absolute atomic E-state index is 0.0673. The highest BCUT2D eigenvalue weighted by Gasteiger charge is 2.26. The van der Waals surface area contributed by atoms with Gasteiger partial charge >= 0.3 is 18.0 Å². The quantitative estimate of drug-likeness (QED) is 0.102. The van der Waals surface area contributed by atoms with Crippen molar-refractivity contribution in [3.05, 3.63) is 76.7 Å². The van der Waals surface area contributed by atoms with E-state index in [0.717, 1.165) is 51.2 Å². The average molecular weight is 677 g/mol. The third kappa shape index (κ3) is 9.94. The van der Waals surface area contributed by atoms with Gasteiger partial charge in [0.1, 0.15) is 11.9 Å². The normalized spacial score (nSPS) is 14.4. The minimum Gasteiger partial charge on any atom is -0.481 e. The number of nitrogens with one attached hydrogen (secondary N) is 2. The fraction of sp³-hybridized carbons (Fsp3) is 0.405. The molecule has 49 heavy (non-hydrogen) atoms. The number of anilines is 1. The summed E-state index contributed by atoms with van der Waals surface area (Å²) >= 11 is 0. The molecule has 0 fully saturated rings. The number of carbonyl (C=O) groups is 3. The highest BCUT2D eigenvalue weighted by atomic mass is 19.1. The Kier molecular flexibility index (Phi) is 13.0. The van der Waals surface area contributed by atoms with Gasteiger partial charge in [-0.15, -0.1) is 0 Å².